The Kier molecular flexibility index (Phi) is 4.50. The zero-order chi connectivity index (χ0) is 14.9. The first-order valence-electron chi connectivity index (χ1n) is 6.01. The van der Waals surface area contributed by atoms with Crippen LogP contribution >= 0.6 is 31.9 Å². The summed E-state index contributed by atoms with van der Waals surface area (Å²) in [6.45, 7) is 3.98. The van der Waals surface area contributed by atoms with Crippen molar-refractivity contribution >= 4 is 49.1 Å². The first-order valence-corrected chi connectivity index (χ1v) is 7.59. The third kappa shape index (κ3) is 3.41. The Morgan fingerprint density at radius 1 is 1.00 bits per heavy atom. The van der Waals surface area contributed by atoms with Crippen LogP contribution in [0, 0.1) is 13.8 Å². The molecular weight excluding hydrogens is 384 g/mol. The van der Waals surface area contributed by atoms with Crippen LogP contribution in [-0.4, -0.2) is 5.91 Å². The third-order valence-corrected chi connectivity index (χ3v) is 3.95. The van der Waals surface area contributed by atoms with Gasteiger partial charge in [0.2, 0.25) is 0 Å². The van der Waals surface area contributed by atoms with E-state index in [4.69, 9.17) is 5.73 Å². The summed E-state index contributed by atoms with van der Waals surface area (Å²) in [5.41, 5.74) is 9.89. The van der Waals surface area contributed by atoms with E-state index in [0.29, 0.717) is 16.9 Å². The van der Waals surface area contributed by atoms with Crippen LogP contribution in [0.1, 0.15) is 21.5 Å². The van der Waals surface area contributed by atoms with Gasteiger partial charge in [-0.25, -0.2) is 0 Å². The minimum Gasteiger partial charge on any atom is -0.397 e. The molecule has 2 aromatic rings. The lowest BCUT2D eigenvalue weighted by atomic mass is 10.1. The molecule has 0 spiro atoms. The van der Waals surface area contributed by atoms with E-state index in [0.717, 1.165) is 20.1 Å². The number of anilines is 2. The van der Waals surface area contributed by atoms with Crippen LogP contribution < -0.4 is 11.1 Å². The minimum atomic E-state index is -0.193. The van der Waals surface area contributed by atoms with Gasteiger partial charge in [-0.2, -0.15) is 0 Å². The van der Waals surface area contributed by atoms with Crippen LogP contribution in [0.15, 0.2) is 39.3 Å². The molecule has 0 aliphatic carbocycles. The van der Waals surface area contributed by atoms with E-state index in [-0.39, 0.29) is 5.91 Å². The zero-order valence-corrected chi connectivity index (χ0v) is 14.3. The van der Waals surface area contributed by atoms with Crippen molar-refractivity contribution in [2.24, 2.45) is 0 Å². The number of nitrogen functional groups attached to an aromatic ring is 1. The average Bonchev–Trinajstić information content (AvgIpc) is 2.34. The van der Waals surface area contributed by atoms with Gasteiger partial charge in [0, 0.05) is 14.5 Å². The van der Waals surface area contributed by atoms with Gasteiger partial charge in [0.25, 0.3) is 5.91 Å². The smallest absolute Gasteiger partial charge is 0.255 e. The van der Waals surface area contributed by atoms with Crippen LogP contribution in [0.25, 0.3) is 0 Å². The number of benzene rings is 2. The number of nitrogens with one attached hydrogen (secondary N) is 1. The SMILES string of the molecule is Cc1cc(N)c(NC(=O)c2cc(Br)cc(Br)c2)cc1C. The third-order valence-electron chi connectivity index (χ3n) is 3.04. The van der Waals surface area contributed by atoms with Crippen LogP contribution in [0.4, 0.5) is 11.4 Å². The maximum Gasteiger partial charge on any atom is 0.255 e. The highest BCUT2D eigenvalue weighted by molar-refractivity contribution is 9.11. The van der Waals surface area contributed by atoms with Gasteiger partial charge in [0.05, 0.1) is 11.4 Å². The van der Waals surface area contributed by atoms with E-state index in [1.807, 2.05) is 32.0 Å². The molecule has 0 unspecified atom stereocenters. The van der Waals surface area contributed by atoms with Crippen LogP contribution in [0.3, 0.4) is 0 Å². The van der Waals surface area contributed by atoms with E-state index < -0.39 is 0 Å². The molecular formula is C15H14Br2N2O. The molecule has 0 aliphatic heterocycles. The number of amides is 1. The molecule has 3 nitrogen and oxygen atoms in total. The van der Waals surface area contributed by atoms with Gasteiger partial charge in [-0.05, 0) is 55.3 Å². The maximum atomic E-state index is 12.3. The van der Waals surface area contributed by atoms with Crippen molar-refractivity contribution in [1.29, 1.82) is 0 Å². The summed E-state index contributed by atoms with van der Waals surface area (Å²) in [4.78, 5) is 12.3. The van der Waals surface area contributed by atoms with E-state index in [9.17, 15) is 4.79 Å². The molecule has 20 heavy (non-hydrogen) atoms. The number of hydrogen-bond donors (Lipinski definition) is 2. The fraction of sp³-hybridized carbons (Fsp3) is 0.133. The molecule has 0 saturated carbocycles. The van der Waals surface area contributed by atoms with E-state index >= 15 is 0 Å². The molecule has 1 amide bonds. The maximum absolute atomic E-state index is 12.3. The lowest BCUT2D eigenvalue weighted by Gasteiger charge is -2.11. The monoisotopic (exact) mass is 396 g/mol. The number of halogens is 2. The highest BCUT2D eigenvalue weighted by atomic mass is 79.9. The molecule has 3 N–H and O–H groups in total. The van der Waals surface area contributed by atoms with Crippen molar-refractivity contribution in [2.45, 2.75) is 13.8 Å². The first-order chi connectivity index (χ1) is 9.36. The van der Waals surface area contributed by atoms with Gasteiger partial charge < -0.3 is 11.1 Å². The Labute approximate surface area is 134 Å². The zero-order valence-electron chi connectivity index (χ0n) is 11.1. The Bertz CT molecular complexity index is 664. The lowest BCUT2D eigenvalue weighted by molar-refractivity contribution is 0.102. The molecule has 0 aromatic heterocycles. The average molecular weight is 398 g/mol. The molecule has 0 aliphatic rings. The summed E-state index contributed by atoms with van der Waals surface area (Å²) in [6.07, 6.45) is 0. The highest BCUT2D eigenvalue weighted by Gasteiger charge is 2.10. The minimum absolute atomic E-state index is 0.193. The largest absolute Gasteiger partial charge is 0.397 e. The van der Waals surface area contributed by atoms with Gasteiger partial charge >= 0.3 is 0 Å². The molecule has 0 heterocycles. The fourth-order valence-electron chi connectivity index (χ4n) is 1.83. The van der Waals surface area contributed by atoms with Gasteiger partial charge in [-0.15, -0.1) is 0 Å². The summed E-state index contributed by atoms with van der Waals surface area (Å²) in [5, 5.41) is 2.84. The van der Waals surface area contributed by atoms with Crippen molar-refractivity contribution in [2.75, 3.05) is 11.1 Å². The van der Waals surface area contributed by atoms with Crippen molar-refractivity contribution < 1.29 is 4.79 Å². The Balaban J connectivity index is 2.30. The van der Waals surface area contributed by atoms with Crippen LogP contribution in [0.5, 0.6) is 0 Å². The molecule has 0 bridgehead atoms. The molecule has 0 atom stereocenters. The Morgan fingerprint density at radius 3 is 2.15 bits per heavy atom. The number of carbonyl (C=O) groups excluding carboxylic acids is 1. The number of rotatable bonds is 2. The summed E-state index contributed by atoms with van der Waals surface area (Å²) < 4.78 is 1.68. The normalized spacial score (nSPS) is 10.4. The molecule has 2 aromatic carbocycles. The second kappa shape index (κ2) is 5.97. The van der Waals surface area contributed by atoms with Crippen LogP contribution in [-0.2, 0) is 0 Å². The van der Waals surface area contributed by atoms with E-state index in [1.54, 1.807) is 12.1 Å². The van der Waals surface area contributed by atoms with Gasteiger partial charge in [-0.1, -0.05) is 31.9 Å². The Hall–Kier alpha value is -1.33. The standard InChI is InChI=1S/C15H14Br2N2O/c1-8-3-13(18)14(4-9(8)2)19-15(20)10-5-11(16)7-12(17)6-10/h3-7H,18H2,1-2H3,(H,19,20). The van der Waals surface area contributed by atoms with E-state index in [1.165, 1.54) is 0 Å². The lowest BCUT2D eigenvalue weighted by Crippen LogP contribution is -2.13. The molecule has 0 fully saturated rings. The van der Waals surface area contributed by atoms with E-state index in [2.05, 4.69) is 37.2 Å². The molecule has 5 heteroatoms. The summed E-state index contributed by atoms with van der Waals surface area (Å²) in [6, 6.07) is 9.15. The van der Waals surface area contributed by atoms with Gasteiger partial charge in [0.1, 0.15) is 0 Å². The van der Waals surface area contributed by atoms with Crippen molar-refractivity contribution in [3.63, 3.8) is 0 Å². The topological polar surface area (TPSA) is 55.1 Å². The highest BCUT2D eigenvalue weighted by Crippen LogP contribution is 2.25. The van der Waals surface area contributed by atoms with Crippen molar-refractivity contribution in [1.82, 2.24) is 0 Å². The predicted molar refractivity (Wildman–Crippen MR) is 90.1 cm³/mol. The molecule has 104 valence electrons. The molecule has 2 rings (SSSR count). The van der Waals surface area contributed by atoms with Gasteiger partial charge in [-0.3, -0.25) is 4.79 Å². The fourth-order valence-corrected chi connectivity index (χ4v) is 3.12. The summed E-state index contributed by atoms with van der Waals surface area (Å²) in [7, 11) is 0. The molecule has 0 saturated heterocycles. The number of carbonyl (C=O) groups is 1. The first kappa shape index (κ1) is 15.1. The van der Waals surface area contributed by atoms with Crippen molar-refractivity contribution in [3.8, 4) is 0 Å². The van der Waals surface area contributed by atoms with Crippen molar-refractivity contribution in [3.05, 3.63) is 56.0 Å². The summed E-state index contributed by atoms with van der Waals surface area (Å²) in [5.74, 6) is -0.193. The predicted octanol–water partition coefficient (Wildman–Crippen LogP) is 4.66. The van der Waals surface area contributed by atoms with Gasteiger partial charge in [0.15, 0.2) is 0 Å². The second-order valence-corrected chi connectivity index (χ2v) is 6.47. The van der Waals surface area contributed by atoms with Crippen LogP contribution in [0.2, 0.25) is 0 Å². The second-order valence-electron chi connectivity index (χ2n) is 4.64. The number of aryl methyl sites for hydroxylation is 2. The number of hydrogen-bond acceptors (Lipinski definition) is 2. The quantitative estimate of drug-likeness (QED) is 0.723. The molecule has 0 radical (unpaired) electrons. The summed E-state index contributed by atoms with van der Waals surface area (Å²) >= 11 is 6.74. The Morgan fingerprint density at radius 2 is 1.55 bits per heavy atom. The number of nitrogens with two attached hydrogens (primary N) is 1.